The zero-order valence-corrected chi connectivity index (χ0v) is 12.8. The minimum atomic E-state index is -1.48. The van der Waals surface area contributed by atoms with Crippen LogP contribution >= 0.6 is 0 Å². The second-order valence-corrected chi connectivity index (χ2v) is 4.92. The van der Waals surface area contributed by atoms with Crippen molar-refractivity contribution in [1.29, 1.82) is 0 Å². The van der Waals surface area contributed by atoms with Crippen LogP contribution in [0.1, 0.15) is 28.9 Å². The van der Waals surface area contributed by atoms with Gasteiger partial charge in [-0.2, -0.15) is 0 Å². The zero-order valence-electron chi connectivity index (χ0n) is 12.8. The number of hydrogen-bond acceptors (Lipinski definition) is 4. The van der Waals surface area contributed by atoms with Crippen LogP contribution in [0.4, 0.5) is 0 Å². The molecule has 0 saturated heterocycles. The third kappa shape index (κ3) is 4.40. The van der Waals surface area contributed by atoms with Crippen molar-refractivity contribution in [3.05, 3.63) is 71.8 Å². The summed E-state index contributed by atoms with van der Waals surface area (Å²) in [6.07, 6.45) is -1.48. The molecule has 0 spiro atoms. The molecule has 0 heterocycles. The summed E-state index contributed by atoms with van der Waals surface area (Å²) in [5, 5.41) is 13.0. The molecule has 1 amide bonds. The molecule has 0 aliphatic heterocycles. The summed E-state index contributed by atoms with van der Waals surface area (Å²) < 4.78 is 4.85. The van der Waals surface area contributed by atoms with Crippen molar-refractivity contribution >= 4 is 11.9 Å². The Morgan fingerprint density at radius 3 is 2.17 bits per heavy atom. The first-order valence-corrected chi connectivity index (χ1v) is 7.39. The van der Waals surface area contributed by atoms with Crippen molar-refractivity contribution in [2.45, 2.75) is 19.1 Å². The molecule has 2 atom stereocenters. The van der Waals surface area contributed by atoms with Crippen LogP contribution in [0.2, 0.25) is 0 Å². The quantitative estimate of drug-likeness (QED) is 0.801. The van der Waals surface area contributed by atoms with Gasteiger partial charge in [-0.05, 0) is 24.6 Å². The number of carbonyl (C=O) groups is 2. The highest BCUT2D eigenvalue weighted by molar-refractivity contribution is 5.94. The minimum Gasteiger partial charge on any atom is -0.464 e. The van der Waals surface area contributed by atoms with E-state index in [1.807, 2.05) is 6.07 Å². The SMILES string of the molecule is CCOC(=O)[C@@H](O)[C@@H](NC(=O)c1ccccc1)c1ccccc1. The van der Waals surface area contributed by atoms with Gasteiger partial charge in [0.15, 0.2) is 6.10 Å². The molecule has 5 heteroatoms. The van der Waals surface area contributed by atoms with Gasteiger partial charge in [-0.1, -0.05) is 48.5 Å². The summed E-state index contributed by atoms with van der Waals surface area (Å²) in [5.74, 6) is -1.14. The number of amides is 1. The van der Waals surface area contributed by atoms with E-state index in [1.165, 1.54) is 0 Å². The molecule has 0 bridgehead atoms. The maximum Gasteiger partial charge on any atom is 0.337 e. The molecule has 2 N–H and O–H groups in total. The van der Waals surface area contributed by atoms with Crippen molar-refractivity contribution in [3.63, 3.8) is 0 Å². The lowest BCUT2D eigenvalue weighted by molar-refractivity contribution is -0.154. The van der Waals surface area contributed by atoms with Gasteiger partial charge in [-0.15, -0.1) is 0 Å². The Labute approximate surface area is 134 Å². The summed E-state index contributed by atoms with van der Waals surface area (Å²) >= 11 is 0. The minimum absolute atomic E-state index is 0.157. The van der Waals surface area contributed by atoms with Crippen LogP contribution in [0.15, 0.2) is 60.7 Å². The molecule has 0 fully saturated rings. The third-order valence-corrected chi connectivity index (χ3v) is 3.33. The molecule has 23 heavy (non-hydrogen) atoms. The Morgan fingerprint density at radius 2 is 1.61 bits per heavy atom. The Bertz CT molecular complexity index is 643. The monoisotopic (exact) mass is 313 g/mol. The van der Waals surface area contributed by atoms with E-state index < -0.39 is 18.1 Å². The number of esters is 1. The third-order valence-electron chi connectivity index (χ3n) is 3.33. The number of ether oxygens (including phenoxy) is 1. The van der Waals surface area contributed by atoms with E-state index in [0.29, 0.717) is 11.1 Å². The van der Waals surface area contributed by atoms with E-state index in [4.69, 9.17) is 4.74 Å². The average molecular weight is 313 g/mol. The number of rotatable bonds is 6. The number of benzene rings is 2. The standard InChI is InChI=1S/C18H19NO4/c1-2-23-18(22)16(20)15(13-9-5-3-6-10-13)19-17(21)14-11-7-4-8-12-14/h3-12,15-16,20H,2H2,1H3,(H,19,21)/t15-,16-/m0/s1. The number of aliphatic hydroxyl groups is 1. The molecule has 0 aliphatic carbocycles. The molecular formula is C18H19NO4. The summed E-state index contributed by atoms with van der Waals surface area (Å²) in [6.45, 7) is 1.81. The fraction of sp³-hybridized carbons (Fsp3) is 0.222. The predicted molar refractivity (Wildman–Crippen MR) is 85.7 cm³/mol. The second-order valence-electron chi connectivity index (χ2n) is 4.92. The molecule has 0 unspecified atom stereocenters. The summed E-state index contributed by atoms with van der Waals surface area (Å²) in [4.78, 5) is 24.2. The van der Waals surface area contributed by atoms with Gasteiger partial charge in [0.1, 0.15) is 0 Å². The van der Waals surface area contributed by atoms with Gasteiger partial charge in [0.2, 0.25) is 0 Å². The van der Waals surface area contributed by atoms with Crippen LogP contribution in [-0.4, -0.2) is 29.7 Å². The van der Waals surface area contributed by atoms with Crippen LogP contribution in [-0.2, 0) is 9.53 Å². The molecule has 0 saturated carbocycles. The van der Waals surface area contributed by atoms with E-state index in [1.54, 1.807) is 61.5 Å². The first kappa shape index (κ1) is 16.7. The Hall–Kier alpha value is -2.66. The predicted octanol–water partition coefficient (Wildman–Crippen LogP) is 2.08. The van der Waals surface area contributed by atoms with Gasteiger partial charge in [0.05, 0.1) is 12.6 Å². The normalized spacial score (nSPS) is 13.0. The number of aliphatic hydroxyl groups excluding tert-OH is 1. The maximum atomic E-state index is 12.3. The Morgan fingerprint density at radius 1 is 1.04 bits per heavy atom. The van der Waals surface area contributed by atoms with Gasteiger partial charge in [0.25, 0.3) is 5.91 Å². The van der Waals surface area contributed by atoms with Crippen molar-refractivity contribution < 1.29 is 19.4 Å². The lowest BCUT2D eigenvalue weighted by atomic mass is 10.0. The first-order valence-electron chi connectivity index (χ1n) is 7.39. The van der Waals surface area contributed by atoms with Crippen LogP contribution in [0.25, 0.3) is 0 Å². The van der Waals surface area contributed by atoms with Gasteiger partial charge >= 0.3 is 5.97 Å². The van der Waals surface area contributed by atoms with Gasteiger partial charge in [0, 0.05) is 5.56 Å². The lowest BCUT2D eigenvalue weighted by Gasteiger charge is -2.23. The maximum absolute atomic E-state index is 12.3. The Balaban J connectivity index is 2.23. The van der Waals surface area contributed by atoms with E-state index in [2.05, 4.69) is 5.32 Å². The van der Waals surface area contributed by atoms with Crippen molar-refractivity contribution in [2.75, 3.05) is 6.61 Å². The highest BCUT2D eigenvalue weighted by Gasteiger charge is 2.30. The molecule has 0 radical (unpaired) electrons. The molecule has 0 aliphatic rings. The lowest BCUT2D eigenvalue weighted by Crippen LogP contribution is -2.41. The van der Waals surface area contributed by atoms with Gasteiger partial charge in [-0.3, -0.25) is 4.79 Å². The number of nitrogens with one attached hydrogen (secondary N) is 1. The molecule has 2 aromatic rings. The summed E-state index contributed by atoms with van der Waals surface area (Å²) in [5.41, 5.74) is 1.07. The zero-order chi connectivity index (χ0) is 16.7. The molecule has 120 valence electrons. The van der Waals surface area contributed by atoms with Crippen LogP contribution < -0.4 is 5.32 Å². The second kappa shape index (κ2) is 8.10. The Kier molecular flexibility index (Phi) is 5.88. The van der Waals surface area contributed by atoms with Gasteiger partial charge in [-0.25, -0.2) is 4.79 Å². The average Bonchev–Trinajstić information content (AvgIpc) is 2.60. The van der Waals surface area contributed by atoms with Crippen LogP contribution in [0.5, 0.6) is 0 Å². The highest BCUT2D eigenvalue weighted by Crippen LogP contribution is 2.19. The molecular weight excluding hydrogens is 294 g/mol. The fourth-order valence-electron chi connectivity index (χ4n) is 2.18. The fourth-order valence-corrected chi connectivity index (χ4v) is 2.18. The van der Waals surface area contributed by atoms with Crippen molar-refractivity contribution in [2.24, 2.45) is 0 Å². The topological polar surface area (TPSA) is 75.6 Å². The van der Waals surface area contributed by atoms with E-state index in [9.17, 15) is 14.7 Å². The van der Waals surface area contributed by atoms with E-state index >= 15 is 0 Å². The largest absolute Gasteiger partial charge is 0.464 e. The van der Waals surface area contributed by atoms with Crippen molar-refractivity contribution in [3.8, 4) is 0 Å². The first-order chi connectivity index (χ1) is 11.1. The van der Waals surface area contributed by atoms with Gasteiger partial charge < -0.3 is 15.2 Å². The number of hydrogen-bond donors (Lipinski definition) is 2. The molecule has 5 nitrogen and oxygen atoms in total. The van der Waals surface area contributed by atoms with Crippen molar-refractivity contribution in [1.82, 2.24) is 5.32 Å². The summed E-state index contributed by atoms with van der Waals surface area (Å²) in [7, 11) is 0. The van der Waals surface area contributed by atoms with E-state index in [-0.39, 0.29) is 12.5 Å². The number of carbonyl (C=O) groups excluding carboxylic acids is 2. The molecule has 2 aromatic carbocycles. The van der Waals surface area contributed by atoms with Crippen LogP contribution in [0, 0.1) is 0 Å². The highest BCUT2D eigenvalue weighted by atomic mass is 16.5. The molecule has 0 aromatic heterocycles. The van der Waals surface area contributed by atoms with Crippen LogP contribution in [0.3, 0.4) is 0 Å². The smallest absolute Gasteiger partial charge is 0.337 e. The molecule has 2 rings (SSSR count). The summed E-state index contributed by atoms with van der Waals surface area (Å²) in [6, 6.07) is 16.6. The van der Waals surface area contributed by atoms with E-state index in [0.717, 1.165) is 0 Å².